The van der Waals surface area contributed by atoms with Gasteiger partial charge in [0.1, 0.15) is 0 Å². The van der Waals surface area contributed by atoms with E-state index in [1.807, 2.05) is 14.1 Å². The van der Waals surface area contributed by atoms with Crippen molar-refractivity contribution in [1.82, 2.24) is 9.80 Å². The average molecular weight is 284 g/mol. The van der Waals surface area contributed by atoms with Crippen molar-refractivity contribution in [1.29, 1.82) is 0 Å². The second-order valence-corrected chi connectivity index (χ2v) is 7.54. The van der Waals surface area contributed by atoms with Crippen LogP contribution in [-0.2, 0) is 4.79 Å². The lowest BCUT2D eigenvalue weighted by atomic mass is 9.71. The molecule has 0 aromatic rings. The van der Waals surface area contributed by atoms with Crippen molar-refractivity contribution in [3.8, 4) is 0 Å². The maximum absolute atomic E-state index is 11.1. The topological polar surface area (TPSA) is 43.8 Å². The van der Waals surface area contributed by atoms with E-state index in [0.717, 1.165) is 31.8 Å². The molecule has 0 amide bonds. The molecule has 0 aromatic carbocycles. The van der Waals surface area contributed by atoms with Gasteiger partial charge in [0.25, 0.3) is 0 Å². The standard InChI is InChI=1S/C16H32N2O2/c1-16(2,3)13-6-8-14(9-7-13)18(12-15(19)20)11-10-17(4)5/h13-14H,6-12H2,1-5H3,(H,19,20). The summed E-state index contributed by atoms with van der Waals surface area (Å²) in [5.41, 5.74) is 0.381. The highest BCUT2D eigenvalue weighted by Gasteiger charge is 2.32. The Morgan fingerprint density at radius 2 is 1.65 bits per heavy atom. The molecule has 1 aliphatic carbocycles. The summed E-state index contributed by atoms with van der Waals surface area (Å²) in [6.07, 6.45) is 4.74. The minimum atomic E-state index is -0.707. The van der Waals surface area contributed by atoms with Crippen LogP contribution in [0.3, 0.4) is 0 Å². The SMILES string of the molecule is CN(C)CCN(CC(=O)O)C1CCC(C(C)(C)C)CC1. The van der Waals surface area contributed by atoms with Crippen LogP contribution in [0.4, 0.5) is 0 Å². The van der Waals surface area contributed by atoms with E-state index in [1.165, 1.54) is 12.8 Å². The molecule has 0 heterocycles. The fourth-order valence-corrected chi connectivity index (χ4v) is 3.20. The van der Waals surface area contributed by atoms with Gasteiger partial charge < -0.3 is 10.0 Å². The third kappa shape index (κ3) is 5.80. The first kappa shape index (κ1) is 17.4. The first-order valence-corrected chi connectivity index (χ1v) is 7.80. The largest absolute Gasteiger partial charge is 0.480 e. The maximum atomic E-state index is 11.1. The van der Waals surface area contributed by atoms with Crippen molar-refractivity contribution < 1.29 is 9.90 Å². The van der Waals surface area contributed by atoms with Crippen LogP contribution in [-0.4, -0.2) is 60.6 Å². The molecule has 118 valence electrons. The molecule has 0 atom stereocenters. The number of carboxylic acids is 1. The van der Waals surface area contributed by atoms with Gasteiger partial charge in [-0.15, -0.1) is 0 Å². The number of carbonyl (C=O) groups is 1. The summed E-state index contributed by atoms with van der Waals surface area (Å²) in [5.74, 6) is 0.0703. The highest BCUT2D eigenvalue weighted by molar-refractivity contribution is 5.69. The van der Waals surface area contributed by atoms with Gasteiger partial charge in [0.2, 0.25) is 0 Å². The Bertz CT molecular complexity index is 302. The van der Waals surface area contributed by atoms with Crippen LogP contribution in [0.15, 0.2) is 0 Å². The van der Waals surface area contributed by atoms with Gasteiger partial charge in [-0.2, -0.15) is 0 Å². The van der Waals surface area contributed by atoms with Crippen molar-refractivity contribution in [3.05, 3.63) is 0 Å². The third-order valence-electron chi connectivity index (χ3n) is 4.61. The first-order valence-electron chi connectivity index (χ1n) is 7.80. The zero-order valence-corrected chi connectivity index (χ0v) is 13.9. The van der Waals surface area contributed by atoms with Crippen LogP contribution in [0.2, 0.25) is 0 Å². The third-order valence-corrected chi connectivity index (χ3v) is 4.61. The quantitative estimate of drug-likeness (QED) is 0.814. The lowest BCUT2D eigenvalue weighted by Crippen LogP contribution is -2.45. The molecule has 4 nitrogen and oxygen atoms in total. The highest BCUT2D eigenvalue weighted by Crippen LogP contribution is 2.38. The number of aliphatic carboxylic acids is 1. The molecule has 20 heavy (non-hydrogen) atoms. The van der Waals surface area contributed by atoms with Crippen LogP contribution in [0.5, 0.6) is 0 Å². The number of rotatable bonds is 6. The molecule has 1 aliphatic rings. The normalized spacial score (nSPS) is 24.4. The molecule has 1 saturated carbocycles. The number of likely N-dealkylation sites (N-methyl/N-ethyl adjacent to an activating group) is 1. The molecular weight excluding hydrogens is 252 g/mol. The minimum Gasteiger partial charge on any atom is -0.480 e. The van der Waals surface area contributed by atoms with E-state index < -0.39 is 5.97 Å². The van der Waals surface area contributed by atoms with E-state index in [2.05, 4.69) is 30.6 Å². The van der Waals surface area contributed by atoms with Crippen LogP contribution >= 0.6 is 0 Å². The fourth-order valence-electron chi connectivity index (χ4n) is 3.20. The second kappa shape index (κ2) is 7.41. The number of hydrogen-bond acceptors (Lipinski definition) is 3. The number of hydrogen-bond donors (Lipinski definition) is 1. The predicted octanol–water partition coefficient (Wildman–Crippen LogP) is 2.54. The Balaban J connectivity index is 2.53. The van der Waals surface area contributed by atoms with Crippen molar-refractivity contribution in [2.45, 2.75) is 52.5 Å². The van der Waals surface area contributed by atoms with Crippen molar-refractivity contribution in [2.24, 2.45) is 11.3 Å². The summed E-state index contributed by atoms with van der Waals surface area (Å²) >= 11 is 0. The number of carboxylic acid groups (broad SMARTS) is 1. The average Bonchev–Trinajstić information content (AvgIpc) is 2.33. The van der Waals surface area contributed by atoms with Gasteiger partial charge in [0, 0.05) is 19.1 Å². The molecule has 4 heteroatoms. The van der Waals surface area contributed by atoms with Gasteiger partial charge in [-0.25, -0.2) is 0 Å². The Morgan fingerprint density at radius 3 is 2.05 bits per heavy atom. The number of nitrogens with zero attached hydrogens (tertiary/aromatic N) is 2. The van der Waals surface area contributed by atoms with Crippen molar-refractivity contribution >= 4 is 5.97 Å². The van der Waals surface area contributed by atoms with Crippen LogP contribution in [0, 0.1) is 11.3 Å². The highest BCUT2D eigenvalue weighted by atomic mass is 16.4. The summed E-state index contributed by atoms with van der Waals surface area (Å²) in [5, 5.41) is 9.11. The van der Waals surface area contributed by atoms with Gasteiger partial charge in [0.15, 0.2) is 0 Å². The summed E-state index contributed by atoms with van der Waals surface area (Å²) in [7, 11) is 4.07. The van der Waals surface area contributed by atoms with Crippen LogP contribution in [0.25, 0.3) is 0 Å². The van der Waals surface area contributed by atoms with Gasteiger partial charge in [-0.1, -0.05) is 20.8 Å². The molecule has 0 spiro atoms. The lowest BCUT2D eigenvalue weighted by Gasteiger charge is -2.41. The van der Waals surface area contributed by atoms with E-state index in [0.29, 0.717) is 11.5 Å². The predicted molar refractivity (Wildman–Crippen MR) is 83.0 cm³/mol. The summed E-state index contributed by atoms with van der Waals surface area (Å²) < 4.78 is 0. The summed E-state index contributed by atoms with van der Waals surface area (Å²) in [6, 6.07) is 0.449. The molecule has 0 bridgehead atoms. The second-order valence-electron chi connectivity index (χ2n) is 7.54. The van der Waals surface area contributed by atoms with Crippen molar-refractivity contribution in [3.63, 3.8) is 0 Å². The molecule has 0 saturated heterocycles. The van der Waals surface area contributed by atoms with Gasteiger partial charge in [0.05, 0.1) is 6.54 Å². The fraction of sp³-hybridized carbons (Fsp3) is 0.938. The van der Waals surface area contributed by atoms with E-state index in [4.69, 9.17) is 5.11 Å². The summed E-state index contributed by atoms with van der Waals surface area (Å²) in [4.78, 5) is 15.4. The molecule has 0 radical (unpaired) electrons. The van der Waals surface area contributed by atoms with E-state index >= 15 is 0 Å². The first-order chi connectivity index (χ1) is 9.20. The Labute approximate surface area is 124 Å². The molecule has 1 N–H and O–H groups in total. The monoisotopic (exact) mass is 284 g/mol. The molecule has 0 aliphatic heterocycles. The maximum Gasteiger partial charge on any atom is 0.317 e. The van der Waals surface area contributed by atoms with Gasteiger partial charge >= 0.3 is 5.97 Å². The molecular formula is C16H32N2O2. The summed E-state index contributed by atoms with van der Waals surface area (Å²) in [6.45, 7) is 8.91. The van der Waals surface area contributed by atoms with E-state index in [1.54, 1.807) is 0 Å². The molecule has 0 aromatic heterocycles. The Kier molecular flexibility index (Phi) is 6.46. The van der Waals surface area contributed by atoms with Crippen molar-refractivity contribution in [2.75, 3.05) is 33.7 Å². The lowest BCUT2D eigenvalue weighted by molar-refractivity contribution is -0.139. The van der Waals surface area contributed by atoms with Crippen LogP contribution in [0.1, 0.15) is 46.5 Å². The zero-order chi connectivity index (χ0) is 15.3. The van der Waals surface area contributed by atoms with Gasteiger partial charge in [-0.05, 0) is 51.1 Å². The Morgan fingerprint density at radius 1 is 1.10 bits per heavy atom. The van der Waals surface area contributed by atoms with Gasteiger partial charge in [-0.3, -0.25) is 9.69 Å². The van der Waals surface area contributed by atoms with E-state index in [-0.39, 0.29) is 6.54 Å². The molecule has 1 fully saturated rings. The zero-order valence-electron chi connectivity index (χ0n) is 13.9. The molecule has 0 unspecified atom stereocenters. The Hall–Kier alpha value is -0.610. The smallest absolute Gasteiger partial charge is 0.317 e. The van der Waals surface area contributed by atoms with Crippen LogP contribution < -0.4 is 0 Å². The van der Waals surface area contributed by atoms with E-state index in [9.17, 15) is 4.79 Å². The molecule has 1 rings (SSSR count). The minimum absolute atomic E-state index is 0.179.